The third-order valence-corrected chi connectivity index (χ3v) is 3.91. The molecule has 2 aromatic heterocycles. The van der Waals surface area contributed by atoms with Crippen molar-refractivity contribution in [3.05, 3.63) is 76.6 Å². The quantitative estimate of drug-likeness (QED) is 0.712. The van der Waals surface area contributed by atoms with Crippen LogP contribution in [0, 0.1) is 0 Å². The van der Waals surface area contributed by atoms with Gasteiger partial charge >= 0.3 is 0 Å². The first-order valence-corrected chi connectivity index (χ1v) is 6.96. The molecule has 0 bridgehead atoms. The lowest BCUT2D eigenvalue weighted by Gasteiger charge is -2.21. The van der Waals surface area contributed by atoms with Gasteiger partial charge in [0.25, 0.3) is 0 Å². The van der Waals surface area contributed by atoms with Crippen molar-refractivity contribution in [2.75, 3.05) is 0 Å². The average Bonchev–Trinajstić information content (AvgIpc) is 3.05. The molecule has 5 heteroatoms. The van der Waals surface area contributed by atoms with Gasteiger partial charge in [-0.2, -0.15) is 0 Å². The molecule has 2 heterocycles. The van der Waals surface area contributed by atoms with E-state index in [0.29, 0.717) is 10.0 Å². The summed E-state index contributed by atoms with van der Waals surface area (Å²) in [7, 11) is 2.02. The van der Waals surface area contributed by atoms with Gasteiger partial charge in [0.05, 0.1) is 6.33 Å². The van der Waals surface area contributed by atoms with Crippen molar-refractivity contribution in [3.63, 3.8) is 0 Å². The molecule has 0 saturated carbocycles. The van der Waals surface area contributed by atoms with Crippen molar-refractivity contribution in [1.29, 1.82) is 0 Å². The number of hydrogen-bond donors (Lipinski definition) is 0. The minimum atomic E-state index is -0.0257. The SMILES string of the molecule is Cn1cccc1C(c1ccc(Cl)cc1Cl)n1ccnc1. The number of halogens is 2. The summed E-state index contributed by atoms with van der Waals surface area (Å²) in [4.78, 5) is 4.14. The maximum atomic E-state index is 6.38. The minimum absolute atomic E-state index is 0.0257. The number of benzene rings is 1. The maximum Gasteiger partial charge on any atom is 0.101 e. The van der Waals surface area contributed by atoms with Gasteiger partial charge in [0.2, 0.25) is 0 Å². The van der Waals surface area contributed by atoms with E-state index in [-0.39, 0.29) is 6.04 Å². The van der Waals surface area contributed by atoms with Crippen molar-refractivity contribution in [3.8, 4) is 0 Å². The van der Waals surface area contributed by atoms with Crippen molar-refractivity contribution in [2.24, 2.45) is 7.05 Å². The van der Waals surface area contributed by atoms with Gasteiger partial charge in [-0.1, -0.05) is 29.3 Å². The fourth-order valence-corrected chi connectivity index (χ4v) is 2.89. The Hall–Kier alpha value is -1.71. The van der Waals surface area contributed by atoms with Gasteiger partial charge in [-0.25, -0.2) is 4.98 Å². The summed E-state index contributed by atoms with van der Waals surface area (Å²) in [6, 6.07) is 9.66. The lowest BCUT2D eigenvalue weighted by molar-refractivity contribution is 0.627. The van der Waals surface area contributed by atoms with E-state index >= 15 is 0 Å². The van der Waals surface area contributed by atoms with Crippen LogP contribution in [0.4, 0.5) is 0 Å². The summed E-state index contributed by atoms with van der Waals surface area (Å²) < 4.78 is 4.11. The Morgan fingerprint density at radius 2 is 2.00 bits per heavy atom. The summed E-state index contributed by atoms with van der Waals surface area (Å²) >= 11 is 12.4. The zero-order valence-electron chi connectivity index (χ0n) is 10.9. The van der Waals surface area contributed by atoms with E-state index in [4.69, 9.17) is 23.2 Å². The molecule has 0 radical (unpaired) electrons. The smallest absolute Gasteiger partial charge is 0.101 e. The Morgan fingerprint density at radius 3 is 2.60 bits per heavy atom. The van der Waals surface area contributed by atoms with E-state index in [1.807, 2.05) is 42.2 Å². The Balaban J connectivity index is 2.18. The molecule has 3 rings (SSSR count). The number of imidazole rings is 1. The molecule has 0 aliphatic carbocycles. The number of aromatic nitrogens is 3. The summed E-state index contributed by atoms with van der Waals surface area (Å²) in [5, 5.41) is 1.28. The van der Waals surface area contributed by atoms with Gasteiger partial charge in [0.15, 0.2) is 0 Å². The van der Waals surface area contributed by atoms with E-state index in [0.717, 1.165) is 11.3 Å². The van der Waals surface area contributed by atoms with E-state index in [1.54, 1.807) is 18.6 Å². The maximum absolute atomic E-state index is 6.38. The van der Waals surface area contributed by atoms with Crippen molar-refractivity contribution >= 4 is 23.2 Å². The van der Waals surface area contributed by atoms with E-state index in [2.05, 4.69) is 15.6 Å². The second-order valence-electron chi connectivity index (χ2n) is 4.62. The van der Waals surface area contributed by atoms with Crippen LogP contribution in [-0.2, 0) is 7.05 Å². The second-order valence-corrected chi connectivity index (χ2v) is 5.47. The predicted molar refractivity (Wildman–Crippen MR) is 81.3 cm³/mol. The minimum Gasteiger partial charge on any atom is -0.352 e. The number of rotatable bonds is 3. The van der Waals surface area contributed by atoms with Crippen molar-refractivity contribution in [1.82, 2.24) is 14.1 Å². The molecule has 0 N–H and O–H groups in total. The van der Waals surface area contributed by atoms with Crippen LogP contribution in [0.3, 0.4) is 0 Å². The molecule has 1 unspecified atom stereocenters. The molecule has 0 aliphatic rings. The van der Waals surface area contributed by atoms with E-state index in [9.17, 15) is 0 Å². The topological polar surface area (TPSA) is 22.8 Å². The Labute approximate surface area is 127 Å². The molecule has 20 heavy (non-hydrogen) atoms. The van der Waals surface area contributed by atoms with Gasteiger partial charge in [0, 0.05) is 41.4 Å². The summed E-state index contributed by atoms with van der Waals surface area (Å²) in [5.74, 6) is 0. The van der Waals surface area contributed by atoms with Crippen LogP contribution >= 0.6 is 23.2 Å². The molecule has 102 valence electrons. The highest BCUT2D eigenvalue weighted by molar-refractivity contribution is 6.35. The zero-order chi connectivity index (χ0) is 14.1. The molecule has 3 aromatic rings. The standard InChI is InChI=1S/C15H13Cl2N3/c1-19-7-2-3-14(19)15(20-8-6-18-10-20)12-5-4-11(16)9-13(12)17/h2-10,15H,1H3. The predicted octanol–water partition coefficient (Wildman–Crippen LogP) is 4.17. The van der Waals surface area contributed by atoms with Crippen molar-refractivity contribution < 1.29 is 0 Å². The summed E-state index contributed by atoms with van der Waals surface area (Å²) in [6.07, 6.45) is 7.51. The lowest BCUT2D eigenvalue weighted by atomic mass is 10.0. The van der Waals surface area contributed by atoms with Gasteiger partial charge < -0.3 is 9.13 Å². The Kier molecular flexibility index (Phi) is 3.55. The van der Waals surface area contributed by atoms with Gasteiger partial charge in [-0.3, -0.25) is 0 Å². The highest BCUT2D eigenvalue weighted by Gasteiger charge is 2.20. The molecule has 0 amide bonds. The van der Waals surface area contributed by atoms with E-state index in [1.165, 1.54) is 0 Å². The molecule has 0 aliphatic heterocycles. The first-order valence-electron chi connectivity index (χ1n) is 6.20. The van der Waals surface area contributed by atoms with Crippen LogP contribution in [0.1, 0.15) is 17.3 Å². The fourth-order valence-electron chi connectivity index (χ4n) is 2.38. The van der Waals surface area contributed by atoms with Crippen LogP contribution in [0.15, 0.2) is 55.2 Å². The van der Waals surface area contributed by atoms with Crippen LogP contribution in [0.5, 0.6) is 0 Å². The largest absolute Gasteiger partial charge is 0.352 e. The molecular formula is C15H13Cl2N3. The first kappa shape index (κ1) is 13.3. The summed E-state index contributed by atoms with van der Waals surface area (Å²) in [6.45, 7) is 0. The summed E-state index contributed by atoms with van der Waals surface area (Å²) in [5.41, 5.74) is 2.13. The van der Waals surface area contributed by atoms with Crippen LogP contribution in [0.2, 0.25) is 10.0 Å². The van der Waals surface area contributed by atoms with Crippen LogP contribution < -0.4 is 0 Å². The molecule has 0 fully saturated rings. The fraction of sp³-hybridized carbons (Fsp3) is 0.133. The van der Waals surface area contributed by atoms with Gasteiger partial charge in [-0.15, -0.1) is 0 Å². The molecular weight excluding hydrogens is 293 g/mol. The van der Waals surface area contributed by atoms with E-state index < -0.39 is 0 Å². The average molecular weight is 306 g/mol. The first-order chi connectivity index (χ1) is 9.66. The highest BCUT2D eigenvalue weighted by Crippen LogP contribution is 2.33. The third kappa shape index (κ3) is 2.35. The molecule has 1 atom stereocenters. The number of hydrogen-bond acceptors (Lipinski definition) is 1. The van der Waals surface area contributed by atoms with Gasteiger partial charge in [-0.05, 0) is 29.8 Å². The number of aryl methyl sites for hydroxylation is 1. The zero-order valence-corrected chi connectivity index (χ0v) is 12.4. The van der Waals surface area contributed by atoms with Gasteiger partial charge in [0.1, 0.15) is 6.04 Å². The Morgan fingerprint density at radius 1 is 1.15 bits per heavy atom. The monoisotopic (exact) mass is 305 g/mol. The second kappa shape index (κ2) is 5.35. The third-order valence-electron chi connectivity index (χ3n) is 3.34. The molecule has 0 spiro atoms. The lowest BCUT2D eigenvalue weighted by Crippen LogP contribution is -2.14. The Bertz CT molecular complexity index is 717. The number of nitrogens with zero attached hydrogens (tertiary/aromatic N) is 3. The van der Waals surface area contributed by atoms with Crippen molar-refractivity contribution in [2.45, 2.75) is 6.04 Å². The van der Waals surface area contributed by atoms with Crippen LogP contribution in [-0.4, -0.2) is 14.1 Å². The molecule has 1 aromatic carbocycles. The van der Waals surface area contributed by atoms with Crippen LogP contribution in [0.25, 0.3) is 0 Å². The highest BCUT2D eigenvalue weighted by atomic mass is 35.5. The molecule has 3 nitrogen and oxygen atoms in total. The molecule has 0 saturated heterocycles. The normalized spacial score (nSPS) is 12.6.